The van der Waals surface area contributed by atoms with Gasteiger partial charge < -0.3 is 24.8 Å². The molecule has 2 amide bonds. The third-order valence-corrected chi connectivity index (χ3v) is 9.01. The summed E-state index contributed by atoms with van der Waals surface area (Å²) in [4.78, 5) is 29.8. The van der Waals surface area contributed by atoms with Crippen molar-refractivity contribution >= 4 is 40.8 Å². The Morgan fingerprint density at radius 2 is 1.68 bits per heavy atom. The molecule has 1 fully saturated rings. The van der Waals surface area contributed by atoms with Crippen LogP contribution >= 0.6 is 23.2 Å². The van der Waals surface area contributed by atoms with Crippen LogP contribution in [0.2, 0.25) is 10.0 Å². The molecule has 2 bridgehead atoms. The first-order valence-electron chi connectivity index (χ1n) is 14.8. The number of fused-ring (bicyclic) bond motifs is 2. The molecule has 3 aromatic carbocycles. The van der Waals surface area contributed by atoms with Crippen molar-refractivity contribution in [2.75, 3.05) is 32.8 Å². The van der Waals surface area contributed by atoms with Crippen LogP contribution in [0.1, 0.15) is 35.6 Å². The molecule has 2 N–H and O–H groups in total. The molecule has 2 aliphatic heterocycles. The van der Waals surface area contributed by atoms with Gasteiger partial charge in [0.1, 0.15) is 24.7 Å². The van der Waals surface area contributed by atoms with E-state index in [1.165, 1.54) is 4.90 Å². The van der Waals surface area contributed by atoms with Crippen LogP contribution in [0.4, 0.5) is 4.79 Å². The van der Waals surface area contributed by atoms with Crippen LogP contribution in [0.25, 0.3) is 5.57 Å². The van der Waals surface area contributed by atoms with Crippen molar-refractivity contribution in [2.45, 2.75) is 45.8 Å². The van der Waals surface area contributed by atoms with Crippen LogP contribution in [-0.2, 0) is 11.3 Å². The molecule has 2 atom stereocenters. The van der Waals surface area contributed by atoms with Gasteiger partial charge >= 0.3 is 6.09 Å². The maximum atomic E-state index is 14.2. The largest absolute Gasteiger partial charge is 0.490 e. The molecule has 0 spiro atoms. The number of carbonyl (C=O) groups excluding carboxylic acids is 1. The van der Waals surface area contributed by atoms with Crippen molar-refractivity contribution in [1.29, 1.82) is 0 Å². The predicted molar refractivity (Wildman–Crippen MR) is 173 cm³/mol. The maximum absolute atomic E-state index is 14.2. The Labute approximate surface area is 268 Å². The summed E-state index contributed by atoms with van der Waals surface area (Å²) in [6, 6.07) is 18.0. The Balaban J connectivity index is 1.37. The van der Waals surface area contributed by atoms with Crippen LogP contribution in [0.3, 0.4) is 0 Å². The number of carbonyl (C=O) groups is 2. The van der Waals surface area contributed by atoms with Crippen molar-refractivity contribution < 1.29 is 24.2 Å². The van der Waals surface area contributed by atoms with Crippen LogP contribution < -0.4 is 14.8 Å². The third-order valence-electron chi connectivity index (χ3n) is 8.34. The molecule has 0 aliphatic carbocycles. The average Bonchev–Trinajstić information content (AvgIpc) is 3.00. The van der Waals surface area contributed by atoms with Gasteiger partial charge in [0.25, 0.3) is 5.91 Å². The summed E-state index contributed by atoms with van der Waals surface area (Å²) in [5, 5.41) is 14.6. The summed E-state index contributed by atoms with van der Waals surface area (Å²) < 4.78 is 11.8. The van der Waals surface area contributed by atoms with Gasteiger partial charge in [-0.2, -0.15) is 0 Å². The normalized spacial score (nSPS) is 17.8. The highest BCUT2D eigenvalue weighted by Gasteiger charge is 2.45. The van der Waals surface area contributed by atoms with Crippen LogP contribution in [-0.4, -0.2) is 71.8 Å². The maximum Gasteiger partial charge on any atom is 0.408 e. The summed E-state index contributed by atoms with van der Waals surface area (Å²) >= 11 is 12.7. The topological polar surface area (TPSA) is 91.3 Å². The number of nitrogens with zero attached hydrogens (tertiary/aromatic N) is 2. The standard InChI is InChI=1S/C34H37Cl2N3O5/c1-4-38(20-24-7-5-6-8-28(24)35)33(40)32-27(17-25-18-37-19-30(32)39(25)34(41)42)23-9-11-26(12-10-23)43-13-14-44-31-16-22(3)21(2)15-29(31)36/h5-12,15-16,25,30,37H,4,13-14,17-20H2,1-3H3,(H,41,42)/t25-,30-/m1/s1. The highest BCUT2D eigenvalue weighted by molar-refractivity contribution is 6.32. The van der Waals surface area contributed by atoms with Crippen LogP contribution in [0, 0.1) is 13.8 Å². The van der Waals surface area contributed by atoms with Gasteiger partial charge in [0, 0.05) is 36.8 Å². The van der Waals surface area contributed by atoms with Crippen molar-refractivity contribution in [2.24, 2.45) is 0 Å². The van der Waals surface area contributed by atoms with Gasteiger partial charge in [-0.25, -0.2) is 4.79 Å². The van der Waals surface area contributed by atoms with Gasteiger partial charge in [-0.3, -0.25) is 9.69 Å². The van der Waals surface area contributed by atoms with E-state index in [9.17, 15) is 14.7 Å². The molecule has 10 heteroatoms. The van der Waals surface area contributed by atoms with E-state index in [2.05, 4.69) is 5.32 Å². The number of piperazine rings is 1. The van der Waals surface area contributed by atoms with E-state index in [-0.39, 0.29) is 11.9 Å². The van der Waals surface area contributed by atoms with Crippen molar-refractivity contribution in [3.05, 3.63) is 98.5 Å². The molecule has 0 aromatic heterocycles. The second-order valence-corrected chi connectivity index (χ2v) is 11.9. The zero-order valence-electron chi connectivity index (χ0n) is 25.1. The van der Waals surface area contributed by atoms with Crippen molar-refractivity contribution in [1.82, 2.24) is 15.1 Å². The number of hydrogen-bond acceptors (Lipinski definition) is 5. The molecular weight excluding hydrogens is 601 g/mol. The zero-order chi connectivity index (χ0) is 31.4. The van der Waals surface area contributed by atoms with E-state index in [0.29, 0.717) is 72.9 Å². The van der Waals surface area contributed by atoms with Gasteiger partial charge in [-0.05, 0) is 85.4 Å². The first-order chi connectivity index (χ1) is 21.2. The number of aryl methyl sites for hydroxylation is 2. The van der Waals surface area contributed by atoms with E-state index >= 15 is 0 Å². The molecule has 3 aromatic rings. The molecule has 232 valence electrons. The number of halogens is 2. The molecule has 2 heterocycles. The van der Waals surface area contributed by atoms with Gasteiger partial charge in [-0.1, -0.05) is 53.5 Å². The average molecular weight is 639 g/mol. The number of nitrogens with one attached hydrogen (secondary N) is 1. The summed E-state index contributed by atoms with van der Waals surface area (Å²) in [6.07, 6.45) is -0.598. The molecule has 0 saturated carbocycles. The van der Waals surface area contributed by atoms with Gasteiger partial charge in [0.05, 0.1) is 17.1 Å². The highest BCUT2D eigenvalue weighted by Crippen LogP contribution is 2.38. The lowest BCUT2D eigenvalue weighted by molar-refractivity contribution is -0.128. The fraction of sp³-hybridized carbons (Fsp3) is 0.353. The van der Waals surface area contributed by atoms with Gasteiger partial charge in [-0.15, -0.1) is 0 Å². The van der Waals surface area contributed by atoms with Gasteiger partial charge in [0.2, 0.25) is 0 Å². The molecule has 1 saturated heterocycles. The summed E-state index contributed by atoms with van der Waals surface area (Å²) in [6.45, 7) is 8.24. The number of amides is 2. The highest BCUT2D eigenvalue weighted by atomic mass is 35.5. The van der Waals surface area contributed by atoms with E-state index in [1.54, 1.807) is 11.0 Å². The van der Waals surface area contributed by atoms with Crippen molar-refractivity contribution in [3.63, 3.8) is 0 Å². The number of rotatable bonds is 10. The Kier molecular flexibility index (Phi) is 10.0. The molecular formula is C34H37Cl2N3O5. The van der Waals surface area contributed by atoms with Crippen LogP contribution in [0.15, 0.2) is 66.2 Å². The first kappa shape index (κ1) is 31.7. The molecule has 2 aliphatic rings. The summed E-state index contributed by atoms with van der Waals surface area (Å²) in [5.41, 5.74) is 5.28. The number of likely N-dealkylation sites (N-methyl/N-ethyl adjacent to an activating group) is 1. The fourth-order valence-corrected chi connectivity index (χ4v) is 6.36. The molecule has 0 radical (unpaired) electrons. The Morgan fingerprint density at radius 1 is 0.977 bits per heavy atom. The smallest absolute Gasteiger partial charge is 0.408 e. The fourth-order valence-electron chi connectivity index (χ4n) is 5.89. The SMILES string of the molecule is CCN(Cc1ccccc1Cl)C(=O)C1=C(c2ccc(OCCOc3cc(C)c(C)cc3Cl)cc2)C[C@@H]2CNC[C@H]1N2C(=O)O. The Hall–Kier alpha value is -3.72. The first-order valence-corrected chi connectivity index (χ1v) is 15.5. The second kappa shape index (κ2) is 13.9. The molecule has 0 unspecified atom stereocenters. The Morgan fingerprint density at radius 3 is 2.39 bits per heavy atom. The second-order valence-electron chi connectivity index (χ2n) is 11.1. The quantitative estimate of drug-likeness (QED) is 0.244. The van der Waals surface area contributed by atoms with Crippen LogP contribution in [0.5, 0.6) is 11.5 Å². The number of hydrogen-bond donors (Lipinski definition) is 2. The summed E-state index contributed by atoms with van der Waals surface area (Å²) in [5.74, 6) is 1.10. The minimum absolute atomic E-state index is 0.191. The van der Waals surface area contributed by atoms with E-state index < -0.39 is 12.1 Å². The lowest BCUT2D eigenvalue weighted by atomic mass is 9.82. The number of benzene rings is 3. The molecule has 44 heavy (non-hydrogen) atoms. The van der Waals surface area contributed by atoms with E-state index in [0.717, 1.165) is 27.8 Å². The zero-order valence-corrected chi connectivity index (χ0v) is 26.6. The lowest BCUT2D eigenvalue weighted by Crippen LogP contribution is -2.63. The van der Waals surface area contributed by atoms with E-state index in [1.807, 2.05) is 75.4 Å². The third kappa shape index (κ3) is 6.83. The summed E-state index contributed by atoms with van der Waals surface area (Å²) in [7, 11) is 0. The molecule has 5 rings (SSSR count). The van der Waals surface area contributed by atoms with Gasteiger partial charge in [0.15, 0.2) is 0 Å². The van der Waals surface area contributed by atoms with E-state index in [4.69, 9.17) is 32.7 Å². The minimum Gasteiger partial charge on any atom is -0.490 e. The van der Waals surface area contributed by atoms with Crippen molar-refractivity contribution in [3.8, 4) is 11.5 Å². The monoisotopic (exact) mass is 637 g/mol. The number of ether oxygens (including phenoxy) is 2. The predicted octanol–water partition coefficient (Wildman–Crippen LogP) is 6.59. The lowest BCUT2D eigenvalue weighted by Gasteiger charge is -2.47. The Bertz CT molecular complexity index is 1560. The molecule has 8 nitrogen and oxygen atoms in total. The minimum atomic E-state index is -1.02. The number of carboxylic acid groups (broad SMARTS) is 1.